The van der Waals surface area contributed by atoms with Crippen LogP contribution in [0.1, 0.15) is 0 Å². The number of benzene rings is 1. The third kappa shape index (κ3) is 4.05. The Morgan fingerprint density at radius 1 is 1.32 bits per heavy atom. The van der Waals surface area contributed by atoms with E-state index in [0.29, 0.717) is 32.8 Å². The lowest BCUT2D eigenvalue weighted by atomic mass is 10.3. The molecule has 0 atom stereocenters. The number of carbonyl (C=O) groups is 1. The predicted molar refractivity (Wildman–Crippen MR) is 98.8 cm³/mol. The van der Waals surface area contributed by atoms with Crippen LogP contribution in [0.5, 0.6) is 5.75 Å². The number of nitrogens with one attached hydrogen (secondary N) is 1. The first-order valence-corrected chi connectivity index (χ1v) is 9.07. The van der Waals surface area contributed by atoms with Crippen LogP contribution in [0.4, 0.5) is 5.69 Å². The Balaban J connectivity index is 1.64. The molecule has 25 heavy (non-hydrogen) atoms. The molecule has 1 amide bonds. The molecule has 9 heteroatoms. The highest BCUT2D eigenvalue weighted by molar-refractivity contribution is 9.10. The van der Waals surface area contributed by atoms with E-state index in [1.165, 1.54) is 11.8 Å². The summed E-state index contributed by atoms with van der Waals surface area (Å²) in [6, 6.07) is 10.9. The van der Waals surface area contributed by atoms with Crippen molar-refractivity contribution < 1.29 is 13.9 Å². The molecule has 0 aliphatic rings. The molecule has 1 aromatic carbocycles. The van der Waals surface area contributed by atoms with Crippen LogP contribution in [0, 0.1) is 0 Å². The summed E-state index contributed by atoms with van der Waals surface area (Å²) in [5, 5.41) is 11.7. The number of methoxy groups -OCH3 is 1. The number of furan rings is 1. The van der Waals surface area contributed by atoms with Gasteiger partial charge in [-0.3, -0.25) is 4.79 Å². The molecule has 0 aliphatic heterocycles. The Hall–Kier alpha value is -2.26. The zero-order valence-electron chi connectivity index (χ0n) is 13.5. The molecule has 0 saturated carbocycles. The Labute approximate surface area is 156 Å². The number of aromatic nitrogens is 3. The summed E-state index contributed by atoms with van der Waals surface area (Å²) in [5.41, 5.74) is 0.634. The van der Waals surface area contributed by atoms with Gasteiger partial charge in [0.05, 0.1) is 18.6 Å². The van der Waals surface area contributed by atoms with Gasteiger partial charge in [-0.25, -0.2) is 0 Å². The standard InChI is InChI=1S/C16H15BrN4O3S/c1-21-15(12-7-8-13(17)24-12)19-20-16(21)25-9-14(22)18-10-5-3-4-6-11(10)23-2/h3-8H,9H2,1-2H3,(H,18,22). The van der Waals surface area contributed by atoms with Gasteiger partial charge in [0, 0.05) is 7.05 Å². The van der Waals surface area contributed by atoms with Gasteiger partial charge in [0.25, 0.3) is 0 Å². The molecule has 0 fully saturated rings. The van der Waals surface area contributed by atoms with Crippen LogP contribution < -0.4 is 10.1 Å². The van der Waals surface area contributed by atoms with E-state index < -0.39 is 0 Å². The van der Waals surface area contributed by atoms with Crippen molar-refractivity contribution in [3.05, 3.63) is 41.1 Å². The lowest BCUT2D eigenvalue weighted by molar-refractivity contribution is -0.113. The Morgan fingerprint density at radius 3 is 2.84 bits per heavy atom. The van der Waals surface area contributed by atoms with Crippen LogP contribution in [-0.2, 0) is 11.8 Å². The van der Waals surface area contributed by atoms with Crippen LogP contribution >= 0.6 is 27.7 Å². The number of thioether (sulfide) groups is 1. The molecule has 3 rings (SSSR count). The Morgan fingerprint density at radius 2 is 2.12 bits per heavy atom. The van der Waals surface area contributed by atoms with Crippen molar-refractivity contribution >= 4 is 39.3 Å². The second kappa shape index (κ2) is 7.75. The highest BCUT2D eigenvalue weighted by Gasteiger charge is 2.16. The lowest BCUT2D eigenvalue weighted by Crippen LogP contribution is -2.15. The summed E-state index contributed by atoms with van der Waals surface area (Å²) < 4.78 is 13.1. The van der Waals surface area contributed by atoms with Gasteiger partial charge in [0.1, 0.15) is 5.75 Å². The van der Waals surface area contributed by atoms with E-state index in [4.69, 9.17) is 9.15 Å². The molecule has 3 aromatic rings. The first-order chi connectivity index (χ1) is 12.1. The van der Waals surface area contributed by atoms with Crippen LogP contribution in [0.25, 0.3) is 11.6 Å². The van der Waals surface area contributed by atoms with E-state index in [1.54, 1.807) is 35.9 Å². The molecular weight excluding hydrogens is 408 g/mol. The molecule has 0 saturated heterocycles. The number of nitrogens with zero attached hydrogens (tertiary/aromatic N) is 3. The molecule has 0 radical (unpaired) electrons. The molecule has 0 spiro atoms. The second-order valence-corrected chi connectivity index (χ2v) is 6.73. The SMILES string of the molecule is COc1ccccc1NC(=O)CSc1nnc(-c2ccc(Br)o2)n1C. The van der Waals surface area contributed by atoms with Gasteiger partial charge >= 0.3 is 0 Å². The Bertz CT molecular complexity index is 893. The van der Waals surface area contributed by atoms with Gasteiger partial charge in [0.2, 0.25) is 5.91 Å². The molecule has 7 nitrogen and oxygen atoms in total. The maximum atomic E-state index is 12.2. The highest BCUT2D eigenvalue weighted by atomic mass is 79.9. The third-order valence-corrected chi connectivity index (χ3v) is 4.79. The number of halogens is 1. The van der Waals surface area contributed by atoms with E-state index in [9.17, 15) is 4.79 Å². The van der Waals surface area contributed by atoms with E-state index in [1.807, 2.05) is 19.2 Å². The number of anilines is 1. The van der Waals surface area contributed by atoms with Crippen LogP contribution in [0.3, 0.4) is 0 Å². The number of rotatable bonds is 6. The topological polar surface area (TPSA) is 82.2 Å². The molecule has 0 unspecified atom stereocenters. The van der Waals surface area contributed by atoms with Crippen molar-refractivity contribution in [2.24, 2.45) is 7.05 Å². The zero-order chi connectivity index (χ0) is 17.8. The molecular formula is C16H15BrN4O3S. The van der Waals surface area contributed by atoms with Gasteiger partial charge in [-0.2, -0.15) is 0 Å². The molecule has 2 heterocycles. The summed E-state index contributed by atoms with van der Waals surface area (Å²) in [7, 11) is 3.39. The van der Waals surface area contributed by atoms with Crippen LogP contribution in [0.2, 0.25) is 0 Å². The largest absolute Gasteiger partial charge is 0.495 e. The number of hydrogen-bond donors (Lipinski definition) is 1. The summed E-state index contributed by atoms with van der Waals surface area (Å²) in [6.07, 6.45) is 0. The summed E-state index contributed by atoms with van der Waals surface area (Å²) >= 11 is 4.55. The quantitative estimate of drug-likeness (QED) is 0.611. The molecule has 1 N–H and O–H groups in total. The fourth-order valence-electron chi connectivity index (χ4n) is 2.15. The third-order valence-electron chi connectivity index (χ3n) is 3.34. The molecule has 130 valence electrons. The van der Waals surface area contributed by atoms with Crippen molar-refractivity contribution in [2.75, 3.05) is 18.2 Å². The van der Waals surface area contributed by atoms with Crippen molar-refractivity contribution in [1.82, 2.24) is 14.8 Å². The number of ether oxygens (including phenoxy) is 1. The monoisotopic (exact) mass is 422 g/mol. The fourth-order valence-corrected chi connectivity index (χ4v) is 3.17. The zero-order valence-corrected chi connectivity index (χ0v) is 15.9. The summed E-state index contributed by atoms with van der Waals surface area (Å²) in [6.45, 7) is 0. The second-order valence-electron chi connectivity index (χ2n) is 5.01. The van der Waals surface area contributed by atoms with E-state index in [2.05, 4.69) is 31.4 Å². The van der Waals surface area contributed by atoms with Crippen molar-refractivity contribution in [1.29, 1.82) is 0 Å². The van der Waals surface area contributed by atoms with Gasteiger partial charge in [-0.05, 0) is 40.2 Å². The normalized spacial score (nSPS) is 10.7. The van der Waals surface area contributed by atoms with E-state index in [0.717, 1.165) is 0 Å². The first kappa shape index (κ1) is 17.6. The fraction of sp³-hybridized carbons (Fsp3) is 0.188. The molecule has 0 aliphatic carbocycles. The van der Waals surface area contributed by atoms with Crippen molar-refractivity contribution in [3.8, 4) is 17.3 Å². The smallest absolute Gasteiger partial charge is 0.234 e. The molecule has 2 aromatic heterocycles. The van der Waals surface area contributed by atoms with Crippen molar-refractivity contribution in [3.63, 3.8) is 0 Å². The summed E-state index contributed by atoms with van der Waals surface area (Å²) in [4.78, 5) is 12.2. The lowest BCUT2D eigenvalue weighted by Gasteiger charge is -2.09. The van der Waals surface area contributed by atoms with E-state index >= 15 is 0 Å². The number of para-hydroxylation sites is 2. The first-order valence-electron chi connectivity index (χ1n) is 7.29. The number of amides is 1. The minimum absolute atomic E-state index is 0.153. The maximum absolute atomic E-state index is 12.2. The van der Waals surface area contributed by atoms with Gasteiger partial charge in [0.15, 0.2) is 21.4 Å². The average Bonchev–Trinajstić information content (AvgIpc) is 3.19. The summed E-state index contributed by atoms with van der Waals surface area (Å²) in [5.74, 6) is 1.86. The minimum Gasteiger partial charge on any atom is -0.495 e. The average molecular weight is 423 g/mol. The number of carbonyl (C=O) groups excluding carboxylic acids is 1. The maximum Gasteiger partial charge on any atom is 0.234 e. The van der Waals surface area contributed by atoms with Crippen LogP contribution in [-0.4, -0.2) is 33.5 Å². The van der Waals surface area contributed by atoms with Gasteiger partial charge < -0.3 is 19.0 Å². The van der Waals surface area contributed by atoms with E-state index in [-0.39, 0.29) is 11.7 Å². The number of hydrogen-bond acceptors (Lipinski definition) is 6. The Kier molecular flexibility index (Phi) is 5.44. The minimum atomic E-state index is -0.153. The van der Waals surface area contributed by atoms with Gasteiger partial charge in [-0.15, -0.1) is 10.2 Å². The predicted octanol–water partition coefficient (Wildman–Crippen LogP) is 3.58. The van der Waals surface area contributed by atoms with Gasteiger partial charge in [-0.1, -0.05) is 23.9 Å². The van der Waals surface area contributed by atoms with Crippen molar-refractivity contribution in [2.45, 2.75) is 5.16 Å². The highest BCUT2D eigenvalue weighted by Crippen LogP contribution is 2.27. The van der Waals surface area contributed by atoms with Crippen LogP contribution in [0.15, 0.2) is 50.6 Å². The molecule has 0 bridgehead atoms.